The van der Waals surface area contributed by atoms with Crippen LogP contribution in [0.5, 0.6) is 0 Å². The second-order valence-corrected chi connectivity index (χ2v) is 8.99. The third kappa shape index (κ3) is 4.63. The highest BCUT2D eigenvalue weighted by Gasteiger charge is 2.25. The second kappa shape index (κ2) is 7.74. The molecule has 1 aliphatic rings. The van der Waals surface area contributed by atoms with Crippen molar-refractivity contribution in [3.8, 4) is 0 Å². The van der Waals surface area contributed by atoms with Crippen LogP contribution in [0.15, 0.2) is 41.8 Å². The van der Waals surface area contributed by atoms with Crippen LogP contribution in [0.3, 0.4) is 0 Å². The van der Waals surface area contributed by atoms with Crippen LogP contribution in [0.4, 0.5) is 4.39 Å². The minimum Gasteiger partial charge on any atom is -0.297 e. The van der Waals surface area contributed by atoms with Gasteiger partial charge in [-0.15, -0.1) is 11.3 Å². The van der Waals surface area contributed by atoms with Gasteiger partial charge in [-0.3, -0.25) is 4.90 Å². The fourth-order valence-electron chi connectivity index (χ4n) is 2.89. The van der Waals surface area contributed by atoms with E-state index in [9.17, 15) is 12.8 Å². The van der Waals surface area contributed by atoms with Crippen LogP contribution in [-0.4, -0.2) is 43.8 Å². The van der Waals surface area contributed by atoms with Gasteiger partial charge >= 0.3 is 0 Å². The van der Waals surface area contributed by atoms with Crippen LogP contribution in [0, 0.1) is 5.82 Å². The third-order valence-electron chi connectivity index (χ3n) is 4.16. The number of benzene rings is 1. The Labute approximate surface area is 146 Å². The van der Waals surface area contributed by atoms with Crippen molar-refractivity contribution in [2.75, 3.05) is 26.2 Å². The molecule has 0 aliphatic carbocycles. The smallest absolute Gasteiger partial charge is 0.218 e. The van der Waals surface area contributed by atoms with Crippen molar-refractivity contribution in [1.29, 1.82) is 0 Å². The summed E-state index contributed by atoms with van der Waals surface area (Å²) in [4.78, 5) is 3.61. The molecule has 0 bridgehead atoms. The molecule has 1 saturated heterocycles. The molecule has 3 rings (SSSR count). The topological polar surface area (TPSA) is 40.6 Å². The minimum atomic E-state index is -3.37. The quantitative estimate of drug-likeness (QED) is 0.815. The van der Waals surface area contributed by atoms with Crippen molar-refractivity contribution in [2.45, 2.75) is 18.7 Å². The average Bonchev–Trinajstić information content (AvgIpc) is 2.93. The Balaban J connectivity index is 1.60. The first-order valence-electron chi connectivity index (χ1n) is 8.00. The van der Waals surface area contributed by atoms with Gasteiger partial charge in [0.2, 0.25) is 10.0 Å². The third-order valence-corrected chi connectivity index (χ3v) is 6.87. The standard InChI is InChI=1S/C17H21FN2O2S2/c18-16-6-4-15(5-7-16)14-24(21,22)20-9-2-8-19(10-11-20)13-17-3-1-12-23-17/h1,3-7,12H,2,8-11,13-14H2. The zero-order valence-electron chi connectivity index (χ0n) is 13.4. The Morgan fingerprint density at radius 1 is 1.04 bits per heavy atom. The molecule has 24 heavy (non-hydrogen) atoms. The Hall–Kier alpha value is -1.28. The molecule has 2 heterocycles. The molecule has 0 spiro atoms. The van der Waals surface area contributed by atoms with Crippen molar-refractivity contribution in [3.05, 3.63) is 58.0 Å². The van der Waals surface area contributed by atoms with Crippen molar-refractivity contribution < 1.29 is 12.8 Å². The Kier molecular flexibility index (Phi) is 5.65. The second-order valence-electron chi connectivity index (χ2n) is 5.99. The highest BCUT2D eigenvalue weighted by molar-refractivity contribution is 7.88. The summed E-state index contributed by atoms with van der Waals surface area (Å²) in [7, 11) is -3.37. The maximum absolute atomic E-state index is 13.0. The molecular weight excluding hydrogens is 347 g/mol. The molecule has 0 amide bonds. The van der Waals surface area contributed by atoms with E-state index in [-0.39, 0.29) is 11.6 Å². The summed E-state index contributed by atoms with van der Waals surface area (Å²) in [6.45, 7) is 3.57. The van der Waals surface area contributed by atoms with E-state index in [1.165, 1.54) is 29.1 Å². The lowest BCUT2D eigenvalue weighted by atomic mass is 10.2. The van der Waals surface area contributed by atoms with Crippen LogP contribution in [0.1, 0.15) is 16.9 Å². The summed E-state index contributed by atoms with van der Waals surface area (Å²) in [5, 5.41) is 2.06. The molecular formula is C17H21FN2O2S2. The molecule has 0 atom stereocenters. The van der Waals surface area contributed by atoms with Gasteiger partial charge in [0, 0.05) is 31.1 Å². The van der Waals surface area contributed by atoms with Gasteiger partial charge in [0.05, 0.1) is 5.75 Å². The van der Waals surface area contributed by atoms with Crippen LogP contribution in [0.2, 0.25) is 0 Å². The fourth-order valence-corrected chi connectivity index (χ4v) is 5.20. The number of thiophene rings is 1. The minimum absolute atomic E-state index is 0.0712. The summed E-state index contributed by atoms with van der Waals surface area (Å²) >= 11 is 1.73. The molecule has 7 heteroatoms. The molecule has 2 aromatic rings. The zero-order chi connectivity index (χ0) is 17.0. The molecule has 4 nitrogen and oxygen atoms in total. The largest absolute Gasteiger partial charge is 0.297 e. The van der Waals surface area contributed by atoms with E-state index in [1.54, 1.807) is 15.6 Å². The predicted octanol–water partition coefficient (Wildman–Crippen LogP) is 2.92. The maximum Gasteiger partial charge on any atom is 0.218 e. The van der Waals surface area contributed by atoms with Crippen molar-refractivity contribution in [2.24, 2.45) is 0 Å². The van der Waals surface area contributed by atoms with E-state index in [0.29, 0.717) is 18.7 Å². The molecule has 1 aliphatic heterocycles. The van der Waals surface area contributed by atoms with E-state index in [4.69, 9.17) is 0 Å². The van der Waals surface area contributed by atoms with Crippen LogP contribution < -0.4 is 0 Å². The number of nitrogens with zero attached hydrogens (tertiary/aromatic N) is 2. The zero-order valence-corrected chi connectivity index (χ0v) is 15.0. The lowest BCUT2D eigenvalue weighted by Gasteiger charge is -2.21. The van der Waals surface area contributed by atoms with Crippen molar-refractivity contribution in [1.82, 2.24) is 9.21 Å². The average molecular weight is 368 g/mol. The summed E-state index contributed by atoms with van der Waals surface area (Å²) in [6, 6.07) is 9.82. The van der Waals surface area contributed by atoms with Gasteiger partial charge in [-0.2, -0.15) is 0 Å². The summed E-state index contributed by atoms with van der Waals surface area (Å²) in [6.07, 6.45) is 0.827. The van der Waals surface area contributed by atoms with E-state index in [0.717, 1.165) is 26.1 Å². The van der Waals surface area contributed by atoms with Crippen molar-refractivity contribution in [3.63, 3.8) is 0 Å². The van der Waals surface area contributed by atoms with E-state index in [1.807, 2.05) is 6.07 Å². The summed E-state index contributed by atoms with van der Waals surface area (Å²) in [5.41, 5.74) is 0.621. The molecule has 0 saturated carbocycles. The van der Waals surface area contributed by atoms with Gasteiger partial charge in [-0.1, -0.05) is 18.2 Å². The molecule has 130 valence electrons. The number of sulfonamides is 1. The Morgan fingerprint density at radius 3 is 2.54 bits per heavy atom. The van der Waals surface area contributed by atoms with Crippen LogP contribution >= 0.6 is 11.3 Å². The van der Waals surface area contributed by atoms with Gasteiger partial charge in [0.1, 0.15) is 5.82 Å². The lowest BCUT2D eigenvalue weighted by molar-refractivity contribution is 0.281. The normalized spacial score (nSPS) is 17.7. The molecule has 0 radical (unpaired) electrons. The van der Waals surface area contributed by atoms with Gasteiger partial charge in [-0.05, 0) is 42.1 Å². The highest BCUT2D eigenvalue weighted by atomic mass is 32.2. The lowest BCUT2D eigenvalue weighted by Crippen LogP contribution is -2.35. The first-order valence-corrected chi connectivity index (χ1v) is 10.5. The van der Waals surface area contributed by atoms with E-state index >= 15 is 0 Å². The first-order chi connectivity index (χ1) is 11.5. The summed E-state index contributed by atoms with van der Waals surface area (Å²) < 4.78 is 39.8. The molecule has 0 unspecified atom stereocenters. The van der Waals surface area contributed by atoms with Gasteiger partial charge in [-0.25, -0.2) is 17.1 Å². The number of rotatable bonds is 5. The maximum atomic E-state index is 13.0. The first kappa shape index (κ1) is 17.5. The summed E-state index contributed by atoms with van der Waals surface area (Å²) in [5.74, 6) is -0.423. The van der Waals surface area contributed by atoms with E-state index < -0.39 is 10.0 Å². The monoisotopic (exact) mass is 368 g/mol. The van der Waals surface area contributed by atoms with Crippen LogP contribution in [-0.2, 0) is 22.3 Å². The van der Waals surface area contributed by atoms with Crippen molar-refractivity contribution >= 4 is 21.4 Å². The SMILES string of the molecule is O=S(=O)(Cc1ccc(F)cc1)N1CCCN(Cc2cccs2)CC1. The highest BCUT2D eigenvalue weighted by Crippen LogP contribution is 2.17. The number of hydrogen-bond acceptors (Lipinski definition) is 4. The Bertz CT molecular complexity index is 745. The Morgan fingerprint density at radius 2 is 1.83 bits per heavy atom. The van der Waals surface area contributed by atoms with Gasteiger partial charge in [0.25, 0.3) is 0 Å². The fraction of sp³-hybridized carbons (Fsp3) is 0.412. The molecule has 1 aromatic heterocycles. The molecule has 1 fully saturated rings. The van der Waals surface area contributed by atoms with Gasteiger partial charge < -0.3 is 0 Å². The molecule has 1 aromatic carbocycles. The van der Waals surface area contributed by atoms with Crippen LogP contribution in [0.25, 0.3) is 0 Å². The predicted molar refractivity (Wildman–Crippen MR) is 94.8 cm³/mol. The molecule has 0 N–H and O–H groups in total. The van der Waals surface area contributed by atoms with E-state index in [2.05, 4.69) is 16.3 Å². The number of halogens is 1. The number of hydrogen-bond donors (Lipinski definition) is 0. The van der Waals surface area contributed by atoms with Gasteiger partial charge in [0.15, 0.2) is 0 Å².